The van der Waals surface area contributed by atoms with Gasteiger partial charge in [0.1, 0.15) is 13.2 Å². The highest BCUT2D eigenvalue weighted by Gasteiger charge is 2.23. The summed E-state index contributed by atoms with van der Waals surface area (Å²) < 4.78 is 23.5. The Bertz CT molecular complexity index is 1550. The minimum atomic E-state index is -4.61. The topological polar surface area (TPSA) is 108 Å². The molecule has 0 rings (SSSR count). The number of likely N-dealkylation sites (N-methyl/N-ethyl adjacent to an activating group) is 1. The molecule has 0 aromatic rings. The van der Waals surface area contributed by atoms with Crippen molar-refractivity contribution in [2.75, 3.05) is 40.9 Å². The van der Waals surface area contributed by atoms with Crippen molar-refractivity contribution in [1.29, 1.82) is 0 Å². The molecule has 0 saturated carbocycles. The van der Waals surface area contributed by atoms with Crippen LogP contribution >= 0.6 is 7.82 Å². The van der Waals surface area contributed by atoms with Crippen molar-refractivity contribution < 1.29 is 32.9 Å². The predicted octanol–water partition coefficient (Wildman–Crippen LogP) is 22.9. The van der Waals surface area contributed by atoms with Gasteiger partial charge in [-0.05, 0) is 70.6 Å². The highest BCUT2D eigenvalue weighted by Crippen LogP contribution is 2.38. The zero-order valence-electron chi connectivity index (χ0n) is 56.6. The normalized spacial score (nSPS) is 13.9. The molecule has 0 aliphatic heterocycles. The highest BCUT2D eigenvalue weighted by molar-refractivity contribution is 7.45. The van der Waals surface area contributed by atoms with E-state index in [1.54, 1.807) is 6.08 Å². The molecule has 494 valence electrons. The van der Waals surface area contributed by atoms with Crippen molar-refractivity contribution in [3.63, 3.8) is 0 Å². The first-order chi connectivity index (χ1) is 41.0. The lowest BCUT2D eigenvalue weighted by Crippen LogP contribution is -2.45. The van der Waals surface area contributed by atoms with Crippen LogP contribution < -0.4 is 10.2 Å². The van der Waals surface area contributed by atoms with Crippen LogP contribution in [0.15, 0.2) is 60.8 Å². The Hall–Kier alpha value is -1.80. The SMILES string of the molecule is CCCCCCC/C=C\C/C=C\C/C=C\CCCCCCCCCCCCCCCCCCCCCCC(=O)NC(COP(=O)([O-])OCC[N+](C)(C)C)C(O)/C=C/CC/C=C/CCCCCCCCCCCCCCCCCCCCCCC. The first-order valence-electron chi connectivity index (χ1n) is 36.7. The summed E-state index contributed by atoms with van der Waals surface area (Å²) >= 11 is 0. The number of phosphoric acid groups is 1. The van der Waals surface area contributed by atoms with Gasteiger partial charge in [0.05, 0.1) is 39.9 Å². The second-order valence-corrected chi connectivity index (χ2v) is 27.7. The average Bonchev–Trinajstić information content (AvgIpc) is 3.56. The molecule has 2 N–H and O–H groups in total. The van der Waals surface area contributed by atoms with E-state index in [4.69, 9.17) is 9.05 Å². The summed E-state index contributed by atoms with van der Waals surface area (Å²) in [5.41, 5.74) is 0. The third-order valence-electron chi connectivity index (χ3n) is 16.7. The molecule has 0 fully saturated rings. The maximum Gasteiger partial charge on any atom is 0.268 e. The van der Waals surface area contributed by atoms with Gasteiger partial charge in [0.15, 0.2) is 0 Å². The number of amides is 1. The summed E-state index contributed by atoms with van der Waals surface area (Å²) in [4.78, 5) is 25.6. The molecule has 84 heavy (non-hydrogen) atoms. The predicted molar refractivity (Wildman–Crippen MR) is 367 cm³/mol. The largest absolute Gasteiger partial charge is 0.756 e. The number of unbranched alkanes of at least 4 members (excludes halogenated alkanes) is 47. The zero-order valence-corrected chi connectivity index (χ0v) is 57.5. The van der Waals surface area contributed by atoms with E-state index in [9.17, 15) is 19.4 Å². The fourth-order valence-electron chi connectivity index (χ4n) is 11.0. The van der Waals surface area contributed by atoms with E-state index in [2.05, 4.69) is 67.8 Å². The Balaban J connectivity index is 4.04. The number of hydrogen-bond donors (Lipinski definition) is 2. The molecular formula is C75H143N2O6P. The lowest BCUT2D eigenvalue weighted by Gasteiger charge is -2.29. The number of rotatable bonds is 68. The van der Waals surface area contributed by atoms with E-state index >= 15 is 0 Å². The Kier molecular flexibility index (Phi) is 64.2. The molecule has 0 saturated heterocycles. The van der Waals surface area contributed by atoms with Gasteiger partial charge in [-0.1, -0.05) is 344 Å². The van der Waals surface area contributed by atoms with Crippen LogP contribution in [0.1, 0.15) is 361 Å². The Labute approximate surface area is 523 Å². The number of aliphatic hydroxyl groups is 1. The van der Waals surface area contributed by atoms with E-state index in [0.29, 0.717) is 17.4 Å². The number of nitrogens with one attached hydrogen (secondary N) is 1. The van der Waals surface area contributed by atoms with Gasteiger partial charge in [0.2, 0.25) is 5.91 Å². The van der Waals surface area contributed by atoms with Crippen LogP contribution in [0.2, 0.25) is 0 Å². The summed E-state index contributed by atoms with van der Waals surface area (Å²) in [7, 11) is 1.26. The summed E-state index contributed by atoms with van der Waals surface area (Å²) in [5.74, 6) is -0.201. The van der Waals surface area contributed by atoms with Gasteiger partial charge in [-0.2, -0.15) is 0 Å². The maximum atomic E-state index is 13.0. The zero-order chi connectivity index (χ0) is 61.2. The maximum absolute atomic E-state index is 13.0. The summed E-state index contributed by atoms with van der Waals surface area (Å²) in [5, 5.41) is 14.0. The number of allylic oxidation sites excluding steroid dienone is 9. The second kappa shape index (κ2) is 65.6. The van der Waals surface area contributed by atoms with Gasteiger partial charge in [0, 0.05) is 6.42 Å². The van der Waals surface area contributed by atoms with Gasteiger partial charge in [-0.15, -0.1) is 0 Å². The molecule has 0 aromatic carbocycles. The molecule has 0 aliphatic rings. The van der Waals surface area contributed by atoms with E-state index < -0.39 is 26.6 Å². The molecule has 0 spiro atoms. The highest BCUT2D eigenvalue weighted by atomic mass is 31.2. The fourth-order valence-corrected chi connectivity index (χ4v) is 11.7. The molecule has 3 atom stereocenters. The molecule has 8 nitrogen and oxygen atoms in total. The fraction of sp³-hybridized carbons (Fsp3) is 0.853. The van der Waals surface area contributed by atoms with E-state index in [0.717, 1.165) is 51.4 Å². The minimum Gasteiger partial charge on any atom is -0.756 e. The number of phosphoric ester groups is 1. The van der Waals surface area contributed by atoms with Crippen LogP contribution in [0.4, 0.5) is 0 Å². The number of quaternary nitrogens is 1. The molecule has 0 aromatic heterocycles. The molecule has 0 radical (unpaired) electrons. The monoisotopic (exact) mass is 1200 g/mol. The molecule has 9 heteroatoms. The molecule has 3 unspecified atom stereocenters. The first kappa shape index (κ1) is 82.2. The minimum absolute atomic E-state index is 0.00589. The van der Waals surface area contributed by atoms with Crippen molar-refractivity contribution in [3.05, 3.63) is 60.8 Å². The number of nitrogens with zero attached hydrogens (tertiary/aromatic N) is 1. The molecule has 0 aliphatic carbocycles. The second-order valence-electron chi connectivity index (χ2n) is 26.3. The third-order valence-corrected chi connectivity index (χ3v) is 17.7. The number of carbonyl (C=O) groups is 1. The number of aliphatic hydroxyl groups excluding tert-OH is 1. The molecule has 1 amide bonds. The number of hydrogen-bond acceptors (Lipinski definition) is 6. The lowest BCUT2D eigenvalue weighted by molar-refractivity contribution is -0.870. The van der Waals surface area contributed by atoms with Crippen LogP contribution in [0.3, 0.4) is 0 Å². The van der Waals surface area contributed by atoms with Gasteiger partial charge in [-0.25, -0.2) is 0 Å². The molecular weight excluding hydrogens is 1060 g/mol. The van der Waals surface area contributed by atoms with Gasteiger partial charge in [0.25, 0.3) is 7.82 Å². The van der Waals surface area contributed by atoms with Crippen LogP contribution in [-0.2, 0) is 18.4 Å². The van der Waals surface area contributed by atoms with E-state index in [1.807, 2.05) is 27.2 Å². The molecule has 0 bridgehead atoms. The van der Waals surface area contributed by atoms with Crippen LogP contribution in [-0.4, -0.2) is 68.5 Å². The Morgan fingerprint density at radius 2 is 0.702 bits per heavy atom. The molecule has 0 heterocycles. The quantitative estimate of drug-likeness (QED) is 0.0272. The van der Waals surface area contributed by atoms with Crippen LogP contribution in [0.25, 0.3) is 0 Å². The van der Waals surface area contributed by atoms with Crippen molar-refractivity contribution in [1.82, 2.24) is 5.32 Å². The third kappa shape index (κ3) is 67.7. The average molecular weight is 1200 g/mol. The van der Waals surface area contributed by atoms with E-state index in [1.165, 1.54) is 289 Å². The van der Waals surface area contributed by atoms with Gasteiger partial charge < -0.3 is 28.8 Å². The van der Waals surface area contributed by atoms with E-state index in [-0.39, 0.29) is 12.5 Å². The van der Waals surface area contributed by atoms with Crippen LogP contribution in [0.5, 0.6) is 0 Å². The van der Waals surface area contributed by atoms with Crippen molar-refractivity contribution in [3.8, 4) is 0 Å². The van der Waals surface area contributed by atoms with Crippen LogP contribution in [0, 0.1) is 0 Å². The van der Waals surface area contributed by atoms with Gasteiger partial charge >= 0.3 is 0 Å². The van der Waals surface area contributed by atoms with Crippen molar-refractivity contribution >= 4 is 13.7 Å². The Morgan fingerprint density at radius 1 is 0.417 bits per heavy atom. The lowest BCUT2D eigenvalue weighted by atomic mass is 10.0. The summed E-state index contributed by atoms with van der Waals surface area (Å²) in [6.45, 7) is 4.67. The summed E-state index contributed by atoms with van der Waals surface area (Å²) in [6.07, 6.45) is 90.8. The number of carbonyl (C=O) groups excluding carboxylic acids is 1. The standard InChI is InChI=1S/C75H143N2O6P/c1-6-8-10-12-14-16-18-20-22-24-26-28-30-32-34-35-36-37-38-39-40-41-43-45-47-49-51-53-55-57-59-61-63-65-67-69-75(79)76-73(72-83-84(80,81)82-71-70-77(3,4)5)74(78)68-66-64-62-60-58-56-54-52-50-48-46-44-42-33-31-29-27-25-23-21-19-17-15-13-11-9-7-2/h18,20,24,26,30,32,58,60,66,68,73-74,78H,6-17,19,21-23,25,27-29,31,33-57,59,61-65,67,69-72H2,1-5H3,(H-,76,79,80,81)/b20-18-,26-24-,32-30-,60-58+,68-66+. The van der Waals surface area contributed by atoms with Crippen molar-refractivity contribution in [2.24, 2.45) is 0 Å². The van der Waals surface area contributed by atoms with Crippen molar-refractivity contribution in [2.45, 2.75) is 373 Å². The Morgan fingerprint density at radius 3 is 1.05 bits per heavy atom. The summed E-state index contributed by atoms with van der Waals surface area (Å²) in [6, 6.07) is -0.906. The smallest absolute Gasteiger partial charge is 0.268 e. The van der Waals surface area contributed by atoms with Gasteiger partial charge in [-0.3, -0.25) is 9.36 Å². The first-order valence-corrected chi connectivity index (χ1v) is 38.1.